The van der Waals surface area contributed by atoms with Gasteiger partial charge in [0.2, 0.25) is 0 Å². The highest BCUT2D eigenvalue weighted by atomic mass is 16.6. The molecule has 36 heavy (non-hydrogen) atoms. The van der Waals surface area contributed by atoms with Gasteiger partial charge in [0.05, 0.1) is 17.7 Å². The molecule has 3 aromatic rings. The summed E-state index contributed by atoms with van der Waals surface area (Å²) < 4.78 is 6.05. The number of hydrogen-bond donors (Lipinski definition) is 2. The third kappa shape index (κ3) is 5.24. The summed E-state index contributed by atoms with van der Waals surface area (Å²) in [4.78, 5) is 34.8. The van der Waals surface area contributed by atoms with Crippen molar-refractivity contribution >= 4 is 23.3 Å². The highest BCUT2D eigenvalue weighted by Crippen LogP contribution is 2.33. The average molecular weight is 494 g/mol. The monoisotopic (exact) mass is 493 g/mol. The van der Waals surface area contributed by atoms with Crippen molar-refractivity contribution < 1.29 is 24.4 Å². The van der Waals surface area contributed by atoms with Crippen molar-refractivity contribution in [3.63, 3.8) is 0 Å². The second kappa shape index (κ2) is 9.98. The van der Waals surface area contributed by atoms with E-state index in [0.29, 0.717) is 5.69 Å². The molecule has 3 rings (SSSR count). The molecule has 11 nitrogen and oxygen atoms in total. The van der Waals surface area contributed by atoms with Gasteiger partial charge in [0.1, 0.15) is 11.3 Å². The smallest absolute Gasteiger partial charge is 0.344 e. The summed E-state index contributed by atoms with van der Waals surface area (Å²) in [5, 5.41) is 30.5. The number of ether oxygens (including phenoxy) is 1. The molecule has 0 saturated heterocycles. The maximum atomic E-state index is 12.6. The molecular weight excluding hydrogens is 466 g/mol. The number of methoxy groups -OCH3 is 1. The van der Waals surface area contributed by atoms with Crippen molar-refractivity contribution in [3.8, 4) is 17.0 Å². The van der Waals surface area contributed by atoms with Gasteiger partial charge in [-0.05, 0) is 30.0 Å². The van der Waals surface area contributed by atoms with Crippen LogP contribution in [0.15, 0.2) is 47.6 Å². The first-order valence-electron chi connectivity index (χ1n) is 10.9. The molecule has 0 unspecified atom stereocenters. The van der Waals surface area contributed by atoms with Crippen LogP contribution in [0, 0.1) is 10.1 Å². The topological polar surface area (TPSA) is 149 Å². The highest BCUT2D eigenvalue weighted by molar-refractivity contribution is 6.03. The maximum Gasteiger partial charge on any atom is 0.344 e. The molecule has 0 aliphatic heterocycles. The summed E-state index contributed by atoms with van der Waals surface area (Å²) in [5.41, 5.74) is 4.12. The fraction of sp³-hybridized carbons (Fsp3) is 0.280. The lowest BCUT2D eigenvalue weighted by atomic mass is 9.86. The van der Waals surface area contributed by atoms with E-state index >= 15 is 0 Å². The van der Waals surface area contributed by atoms with Crippen molar-refractivity contribution in [1.29, 1.82) is 0 Å². The van der Waals surface area contributed by atoms with E-state index in [0.717, 1.165) is 30.4 Å². The van der Waals surface area contributed by atoms with Gasteiger partial charge in [0.25, 0.3) is 11.6 Å². The predicted molar refractivity (Wildman–Crippen MR) is 133 cm³/mol. The Morgan fingerprint density at radius 3 is 2.36 bits per heavy atom. The Balaban J connectivity index is 1.86. The maximum absolute atomic E-state index is 12.6. The first kappa shape index (κ1) is 26.1. The molecule has 0 atom stereocenters. The quantitative estimate of drug-likeness (QED) is 0.229. The first-order valence-corrected chi connectivity index (χ1v) is 10.9. The molecule has 1 heterocycles. The van der Waals surface area contributed by atoms with Gasteiger partial charge in [-0.3, -0.25) is 19.6 Å². The normalized spacial score (nSPS) is 11.8. The Labute approximate surface area is 207 Å². The van der Waals surface area contributed by atoms with Crippen LogP contribution < -0.4 is 5.43 Å². The van der Waals surface area contributed by atoms with Gasteiger partial charge in [-0.2, -0.15) is 10.2 Å². The van der Waals surface area contributed by atoms with Crippen LogP contribution in [0.25, 0.3) is 11.3 Å². The highest BCUT2D eigenvalue weighted by Gasteiger charge is 2.24. The largest absolute Gasteiger partial charge is 0.504 e. The number of hydrazone groups is 1. The van der Waals surface area contributed by atoms with Crippen LogP contribution in [0.1, 0.15) is 59.7 Å². The first-order chi connectivity index (χ1) is 16.8. The summed E-state index contributed by atoms with van der Waals surface area (Å²) in [6, 6.07) is 11.1. The Kier molecular flexibility index (Phi) is 7.23. The van der Waals surface area contributed by atoms with E-state index in [-0.39, 0.29) is 33.7 Å². The molecule has 188 valence electrons. The molecule has 1 amide bonds. The minimum absolute atomic E-state index is 0.0142. The van der Waals surface area contributed by atoms with Crippen LogP contribution in [-0.4, -0.2) is 44.5 Å². The molecule has 0 spiro atoms. The van der Waals surface area contributed by atoms with Gasteiger partial charge in [0, 0.05) is 24.2 Å². The fourth-order valence-corrected chi connectivity index (χ4v) is 3.57. The molecule has 1 aromatic heterocycles. The SMILES string of the molecule is COC(=O)c1ccc(C(=O)NN=C(C)c2nn(C)c(-c3ccc(C(C)(C)C)cc3)c2O)cc1[N+](=O)[O-]. The van der Waals surface area contributed by atoms with Gasteiger partial charge in [-0.25, -0.2) is 10.2 Å². The van der Waals surface area contributed by atoms with Gasteiger partial charge < -0.3 is 9.84 Å². The Morgan fingerprint density at radius 1 is 1.17 bits per heavy atom. The molecule has 0 aliphatic carbocycles. The summed E-state index contributed by atoms with van der Waals surface area (Å²) in [6.45, 7) is 7.89. The van der Waals surface area contributed by atoms with Crippen molar-refractivity contribution in [1.82, 2.24) is 15.2 Å². The van der Waals surface area contributed by atoms with Gasteiger partial charge in [-0.15, -0.1) is 0 Å². The van der Waals surface area contributed by atoms with Crippen molar-refractivity contribution in [2.45, 2.75) is 33.1 Å². The Hall–Kier alpha value is -4.54. The molecule has 0 bridgehead atoms. The van der Waals surface area contributed by atoms with E-state index < -0.39 is 22.5 Å². The number of carbonyl (C=O) groups is 2. The zero-order chi connectivity index (χ0) is 26.8. The van der Waals surface area contributed by atoms with E-state index in [1.165, 1.54) is 10.7 Å². The van der Waals surface area contributed by atoms with Crippen LogP contribution >= 0.6 is 0 Å². The summed E-state index contributed by atoms with van der Waals surface area (Å²) in [6.07, 6.45) is 0. The van der Waals surface area contributed by atoms with Gasteiger partial charge in [-0.1, -0.05) is 45.0 Å². The summed E-state index contributed by atoms with van der Waals surface area (Å²) >= 11 is 0. The second-order valence-electron chi connectivity index (χ2n) is 9.12. The van der Waals surface area contributed by atoms with E-state index in [1.807, 2.05) is 24.3 Å². The molecule has 2 N–H and O–H groups in total. The molecule has 0 fully saturated rings. The molecule has 0 aliphatic rings. The van der Waals surface area contributed by atoms with Gasteiger partial charge >= 0.3 is 5.97 Å². The summed E-state index contributed by atoms with van der Waals surface area (Å²) in [7, 11) is 2.79. The van der Waals surface area contributed by atoms with E-state index in [9.17, 15) is 24.8 Å². The fourth-order valence-electron chi connectivity index (χ4n) is 3.57. The van der Waals surface area contributed by atoms with Crippen LogP contribution in [0.5, 0.6) is 5.75 Å². The minimum atomic E-state index is -0.892. The van der Waals surface area contributed by atoms with E-state index in [2.05, 4.69) is 41.1 Å². The standard InChI is InChI=1S/C25H27N5O6/c1-14(26-27-23(32)16-9-12-18(24(33)36-6)19(13-16)30(34)35)20-22(31)21(29(5)28-20)15-7-10-17(11-8-15)25(2,3)4/h7-13,31H,1-6H3,(H,27,32). The van der Waals surface area contributed by atoms with Gasteiger partial charge in [0.15, 0.2) is 11.4 Å². The van der Waals surface area contributed by atoms with Crippen LogP contribution in [-0.2, 0) is 17.2 Å². The number of nitro groups is 1. The number of aromatic hydroxyl groups is 1. The number of carbonyl (C=O) groups excluding carboxylic acids is 2. The number of amides is 1. The Bertz CT molecular complexity index is 1370. The van der Waals surface area contributed by atoms with Crippen molar-refractivity contribution in [2.24, 2.45) is 12.1 Å². The molecule has 0 radical (unpaired) electrons. The predicted octanol–water partition coefficient (Wildman–Crippen LogP) is 3.94. The number of esters is 1. The lowest BCUT2D eigenvalue weighted by Crippen LogP contribution is -2.20. The Morgan fingerprint density at radius 2 is 1.81 bits per heavy atom. The number of hydrogen-bond acceptors (Lipinski definition) is 8. The average Bonchev–Trinajstić information content (AvgIpc) is 3.14. The number of benzene rings is 2. The number of nitrogens with one attached hydrogen (secondary N) is 1. The van der Waals surface area contributed by atoms with Crippen molar-refractivity contribution in [3.05, 3.63) is 75.0 Å². The second-order valence-corrected chi connectivity index (χ2v) is 9.12. The van der Waals surface area contributed by atoms with Crippen LogP contribution in [0.3, 0.4) is 0 Å². The number of aromatic nitrogens is 2. The number of nitro benzene ring substituents is 1. The molecular formula is C25H27N5O6. The lowest BCUT2D eigenvalue weighted by molar-refractivity contribution is -0.385. The minimum Gasteiger partial charge on any atom is -0.504 e. The number of nitrogens with zero attached hydrogens (tertiary/aromatic N) is 4. The zero-order valence-electron chi connectivity index (χ0n) is 20.8. The van der Waals surface area contributed by atoms with Crippen molar-refractivity contribution in [2.75, 3.05) is 7.11 Å². The number of aryl methyl sites for hydroxylation is 1. The van der Waals surface area contributed by atoms with E-state index in [1.54, 1.807) is 14.0 Å². The van der Waals surface area contributed by atoms with E-state index in [4.69, 9.17) is 0 Å². The third-order valence-electron chi connectivity index (χ3n) is 5.58. The van der Waals surface area contributed by atoms with Crippen LogP contribution in [0.4, 0.5) is 5.69 Å². The van der Waals surface area contributed by atoms with Crippen LogP contribution in [0.2, 0.25) is 0 Å². The molecule has 0 saturated carbocycles. The molecule has 11 heteroatoms. The number of rotatable bonds is 6. The lowest BCUT2D eigenvalue weighted by Gasteiger charge is -2.19. The third-order valence-corrected chi connectivity index (χ3v) is 5.58. The molecule has 2 aromatic carbocycles. The zero-order valence-corrected chi connectivity index (χ0v) is 20.8. The summed E-state index contributed by atoms with van der Waals surface area (Å²) in [5.74, 6) is -1.74.